The third-order valence-corrected chi connectivity index (χ3v) is 2.13. The van der Waals surface area contributed by atoms with E-state index in [-0.39, 0.29) is 11.7 Å². The van der Waals surface area contributed by atoms with Gasteiger partial charge >= 0.3 is 0 Å². The molecule has 0 aliphatic rings. The van der Waals surface area contributed by atoms with E-state index in [1.54, 1.807) is 12.1 Å². The Hall–Kier alpha value is -0.560. The zero-order valence-corrected chi connectivity index (χ0v) is 7.74. The maximum absolute atomic E-state index is 13.2. The molecule has 0 aliphatic carbocycles. The highest BCUT2D eigenvalue weighted by Crippen LogP contribution is 2.23. The van der Waals surface area contributed by atoms with Crippen LogP contribution in [0.1, 0.15) is 24.8 Å². The number of hydrogen-bond donors (Lipinski definition) is 0. The van der Waals surface area contributed by atoms with Crippen LogP contribution in [0, 0.1) is 12.7 Å². The molecule has 0 heterocycles. The van der Waals surface area contributed by atoms with Gasteiger partial charge in [0, 0.05) is 5.02 Å². The van der Waals surface area contributed by atoms with Gasteiger partial charge in [0.05, 0.1) is 0 Å². The number of halogens is 2. The van der Waals surface area contributed by atoms with Crippen LogP contribution in [0.3, 0.4) is 0 Å². The van der Waals surface area contributed by atoms with Crippen LogP contribution >= 0.6 is 11.6 Å². The van der Waals surface area contributed by atoms with Gasteiger partial charge in [-0.3, -0.25) is 0 Å². The van der Waals surface area contributed by atoms with Crippen molar-refractivity contribution in [2.24, 2.45) is 0 Å². The third-order valence-electron chi connectivity index (χ3n) is 1.90. The lowest BCUT2D eigenvalue weighted by atomic mass is 9.98. The van der Waals surface area contributed by atoms with Crippen LogP contribution in [0.25, 0.3) is 0 Å². The van der Waals surface area contributed by atoms with Gasteiger partial charge in [0.2, 0.25) is 0 Å². The molecule has 1 rings (SSSR count). The van der Waals surface area contributed by atoms with E-state index in [1.807, 2.05) is 6.92 Å². The summed E-state index contributed by atoms with van der Waals surface area (Å²) in [5.74, 6) is -0.244. The zero-order valence-electron chi connectivity index (χ0n) is 6.98. The van der Waals surface area contributed by atoms with E-state index in [2.05, 4.69) is 6.92 Å². The van der Waals surface area contributed by atoms with E-state index >= 15 is 0 Å². The van der Waals surface area contributed by atoms with Crippen molar-refractivity contribution in [3.8, 4) is 0 Å². The van der Waals surface area contributed by atoms with Crippen molar-refractivity contribution in [2.75, 3.05) is 0 Å². The molecule has 0 saturated carbocycles. The first-order chi connectivity index (χ1) is 5.65. The zero-order chi connectivity index (χ0) is 9.14. The molecular formula is C10H11ClF. The second kappa shape index (κ2) is 3.90. The van der Waals surface area contributed by atoms with Gasteiger partial charge in [-0.25, -0.2) is 4.39 Å². The fourth-order valence-corrected chi connectivity index (χ4v) is 1.21. The van der Waals surface area contributed by atoms with Gasteiger partial charge in [-0.15, -0.1) is 0 Å². The molecule has 1 unspecified atom stereocenters. The normalized spacial score (nSPS) is 13.0. The molecule has 65 valence electrons. The largest absolute Gasteiger partial charge is 0.207 e. The molecule has 2 heteroatoms. The van der Waals surface area contributed by atoms with Crippen LogP contribution in [-0.2, 0) is 0 Å². The molecule has 1 atom stereocenters. The summed E-state index contributed by atoms with van der Waals surface area (Å²) in [6.07, 6.45) is 0.832. The van der Waals surface area contributed by atoms with E-state index in [4.69, 9.17) is 11.6 Å². The number of hydrogen-bond acceptors (Lipinski definition) is 0. The highest BCUT2D eigenvalue weighted by Gasteiger charge is 2.08. The lowest BCUT2D eigenvalue weighted by Crippen LogP contribution is -1.95. The monoisotopic (exact) mass is 185 g/mol. The van der Waals surface area contributed by atoms with Gasteiger partial charge in [-0.05, 0) is 37.0 Å². The van der Waals surface area contributed by atoms with Gasteiger partial charge in [0.25, 0.3) is 0 Å². The minimum atomic E-state index is -0.260. The molecule has 0 fully saturated rings. The predicted molar refractivity (Wildman–Crippen MR) is 49.8 cm³/mol. The Morgan fingerprint density at radius 1 is 1.58 bits per heavy atom. The lowest BCUT2D eigenvalue weighted by molar-refractivity contribution is 0.595. The fraction of sp³-hybridized carbons (Fsp3) is 0.300. The van der Waals surface area contributed by atoms with E-state index in [9.17, 15) is 4.39 Å². The van der Waals surface area contributed by atoms with Crippen molar-refractivity contribution in [2.45, 2.75) is 19.3 Å². The summed E-state index contributed by atoms with van der Waals surface area (Å²) in [4.78, 5) is 0. The Labute approximate surface area is 77.4 Å². The molecule has 0 saturated heterocycles. The van der Waals surface area contributed by atoms with Crippen molar-refractivity contribution in [3.63, 3.8) is 0 Å². The Balaban J connectivity index is 3.01. The third kappa shape index (κ3) is 1.98. The van der Waals surface area contributed by atoms with Crippen molar-refractivity contribution in [1.82, 2.24) is 0 Å². The molecule has 1 aromatic carbocycles. The van der Waals surface area contributed by atoms with Gasteiger partial charge < -0.3 is 0 Å². The first-order valence-corrected chi connectivity index (χ1v) is 4.31. The van der Waals surface area contributed by atoms with Gasteiger partial charge in [-0.2, -0.15) is 0 Å². The van der Waals surface area contributed by atoms with E-state index in [0.29, 0.717) is 10.6 Å². The van der Waals surface area contributed by atoms with Crippen molar-refractivity contribution >= 4 is 11.6 Å². The van der Waals surface area contributed by atoms with Crippen molar-refractivity contribution in [1.29, 1.82) is 0 Å². The topological polar surface area (TPSA) is 0 Å². The van der Waals surface area contributed by atoms with E-state index in [1.165, 1.54) is 6.07 Å². The minimum Gasteiger partial charge on any atom is -0.207 e. The summed E-state index contributed by atoms with van der Waals surface area (Å²) in [5, 5.41) is 0.430. The molecule has 0 aromatic heterocycles. The first kappa shape index (κ1) is 9.53. The molecular weight excluding hydrogens is 175 g/mol. The molecule has 0 amide bonds. The van der Waals surface area contributed by atoms with Crippen LogP contribution in [0.15, 0.2) is 18.2 Å². The van der Waals surface area contributed by atoms with Crippen LogP contribution in [0.2, 0.25) is 5.02 Å². The number of benzene rings is 1. The Morgan fingerprint density at radius 2 is 2.25 bits per heavy atom. The van der Waals surface area contributed by atoms with Crippen molar-refractivity contribution < 1.29 is 4.39 Å². The van der Waals surface area contributed by atoms with Crippen LogP contribution in [0.5, 0.6) is 0 Å². The van der Waals surface area contributed by atoms with E-state index < -0.39 is 0 Å². The quantitative estimate of drug-likeness (QED) is 0.658. The average molecular weight is 186 g/mol. The number of rotatable bonds is 2. The molecule has 0 aliphatic heterocycles. The molecule has 1 radical (unpaired) electrons. The summed E-state index contributed by atoms with van der Waals surface area (Å²) in [6.45, 7) is 5.81. The molecule has 12 heavy (non-hydrogen) atoms. The van der Waals surface area contributed by atoms with Crippen molar-refractivity contribution in [3.05, 3.63) is 41.5 Å². The molecule has 1 aromatic rings. The minimum absolute atomic E-state index is 0.0160. The maximum atomic E-state index is 13.2. The first-order valence-electron chi connectivity index (χ1n) is 3.93. The van der Waals surface area contributed by atoms with Crippen LogP contribution < -0.4 is 0 Å². The summed E-state index contributed by atoms with van der Waals surface area (Å²) >= 11 is 5.60. The highest BCUT2D eigenvalue weighted by atomic mass is 35.5. The smallest absolute Gasteiger partial charge is 0.128 e. The highest BCUT2D eigenvalue weighted by molar-refractivity contribution is 6.30. The SMILES string of the molecule is [CH2]C(CC)c1ccc(Cl)cc1F. The van der Waals surface area contributed by atoms with Gasteiger partial charge in [0.1, 0.15) is 5.82 Å². The Morgan fingerprint density at radius 3 is 2.75 bits per heavy atom. The Bertz CT molecular complexity index is 271. The molecule has 0 N–H and O–H groups in total. The summed E-state index contributed by atoms with van der Waals surface area (Å²) < 4.78 is 13.2. The second-order valence-electron chi connectivity index (χ2n) is 2.77. The second-order valence-corrected chi connectivity index (χ2v) is 3.21. The standard InChI is InChI=1S/C10H11ClF/c1-3-7(2)9-5-4-8(11)6-10(9)12/h4-7H,2-3H2,1H3. The maximum Gasteiger partial charge on any atom is 0.128 e. The summed E-state index contributed by atoms with van der Waals surface area (Å²) in [6, 6.07) is 4.71. The van der Waals surface area contributed by atoms with Crippen LogP contribution in [-0.4, -0.2) is 0 Å². The van der Waals surface area contributed by atoms with Gasteiger partial charge in [-0.1, -0.05) is 24.6 Å². The summed E-state index contributed by atoms with van der Waals surface area (Å²) in [5.41, 5.74) is 0.641. The fourth-order valence-electron chi connectivity index (χ4n) is 1.05. The van der Waals surface area contributed by atoms with Crippen LogP contribution in [0.4, 0.5) is 4.39 Å². The molecule has 0 bridgehead atoms. The molecule has 0 nitrogen and oxygen atoms in total. The average Bonchev–Trinajstić information content (AvgIpc) is 2.03. The predicted octanol–water partition coefficient (Wildman–Crippen LogP) is 3.81. The van der Waals surface area contributed by atoms with Gasteiger partial charge in [0.15, 0.2) is 0 Å². The lowest BCUT2D eigenvalue weighted by Gasteiger charge is -2.09. The summed E-state index contributed by atoms with van der Waals surface area (Å²) in [7, 11) is 0. The Kier molecular flexibility index (Phi) is 3.10. The van der Waals surface area contributed by atoms with E-state index in [0.717, 1.165) is 6.42 Å². The molecule has 0 spiro atoms.